The van der Waals surface area contributed by atoms with E-state index < -0.39 is 0 Å². The smallest absolute Gasteiger partial charge is 0.251 e. The summed E-state index contributed by atoms with van der Waals surface area (Å²) in [4.78, 5) is 12.5. The zero-order valence-corrected chi connectivity index (χ0v) is 13.7. The van der Waals surface area contributed by atoms with Crippen LogP contribution in [0.3, 0.4) is 0 Å². The van der Waals surface area contributed by atoms with Crippen molar-refractivity contribution in [3.8, 4) is 11.5 Å². The highest BCUT2D eigenvalue weighted by Crippen LogP contribution is 2.32. The third-order valence-corrected chi connectivity index (χ3v) is 4.30. The Hall–Kier alpha value is -2.01. The minimum atomic E-state index is -0.106. The lowest BCUT2D eigenvalue weighted by molar-refractivity contribution is 0.0924. The lowest BCUT2D eigenvalue weighted by Gasteiger charge is -2.26. The molecule has 0 unspecified atom stereocenters. The first-order chi connectivity index (χ1) is 10.7. The third-order valence-electron chi connectivity index (χ3n) is 3.68. The Kier molecular flexibility index (Phi) is 4.34. The number of halogens is 1. The molecule has 0 radical (unpaired) electrons. The first-order valence-corrected chi connectivity index (χ1v) is 7.84. The number of rotatable bonds is 3. The number of amides is 1. The van der Waals surface area contributed by atoms with E-state index in [1.54, 1.807) is 25.3 Å². The van der Waals surface area contributed by atoms with Crippen molar-refractivity contribution in [2.45, 2.75) is 12.5 Å². The highest BCUT2D eigenvalue weighted by atomic mass is 79.9. The van der Waals surface area contributed by atoms with E-state index in [9.17, 15) is 4.79 Å². The molecule has 1 amide bonds. The maximum atomic E-state index is 12.5. The highest BCUT2D eigenvalue weighted by molar-refractivity contribution is 9.10. The van der Waals surface area contributed by atoms with E-state index in [1.807, 2.05) is 24.3 Å². The number of nitrogens with one attached hydrogen (secondary N) is 1. The summed E-state index contributed by atoms with van der Waals surface area (Å²) in [5.74, 6) is 1.44. The van der Waals surface area contributed by atoms with E-state index in [2.05, 4.69) is 21.2 Å². The van der Waals surface area contributed by atoms with Gasteiger partial charge in [-0.15, -0.1) is 0 Å². The quantitative estimate of drug-likeness (QED) is 0.906. The van der Waals surface area contributed by atoms with E-state index in [-0.39, 0.29) is 11.9 Å². The van der Waals surface area contributed by atoms with Gasteiger partial charge in [-0.05, 0) is 40.2 Å². The van der Waals surface area contributed by atoms with Crippen LogP contribution in [0.4, 0.5) is 0 Å². The van der Waals surface area contributed by atoms with Gasteiger partial charge in [0.25, 0.3) is 5.91 Å². The van der Waals surface area contributed by atoms with Gasteiger partial charge < -0.3 is 14.8 Å². The number of ether oxygens (including phenoxy) is 2. The maximum absolute atomic E-state index is 12.5. The van der Waals surface area contributed by atoms with Gasteiger partial charge in [0, 0.05) is 17.5 Å². The number of carbonyl (C=O) groups is 1. The summed E-state index contributed by atoms with van der Waals surface area (Å²) >= 11 is 3.40. The van der Waals surface area contributed by atoms with Crippen LogP contribution in [0.25, 0.3) is 0 Å². The number of benzene rings is 2. The predicted molar refractivity (Wildman–Crippen MR) is 87.5 cm³/mol. The number of carbonyl (C=O) groups excluding carboxylic acids is 1. The van der Waals surface area contributed by atoms with Crippen LogP contribution in [0.15, 0.2) is 46.9 Å². The number of hydrogen-bond acceptors (Lipinski definition) is 3. The SMILES string of the molecule is COc1ccc(C(=O)N[C@@H]2CCOc3ccccc32)cc1Br. The molecule has 1 N–H and O–H groups in total. The van der Waals surface area contributed by atoms with E-state index in [0.29, 0.717) is 17.9 Å². The van der Waals surface area contributed by atoms with Gasteiger partial charge in [0.2, 0.25) is 0 Å². The Bertz CT molecular complexity index is 702. The molecule has 0 saturated heterocycles. The van der Waals surface area contributed by atoms with Crippen LogP contribution in [0.2, 0.25) is 0 Å². The lowest BCUT2D eigenvalue weighted by atomic mass is 10.00. The molecule has 1 atom stereocenters. The van der Waals surface area contributed by atoms with Crippen molar-refractivity contribution in [2.24, 2.45) is 0 Å². The van der Waals surface area contributed by atoms with Crippen molar-refractivity contribution in [2.75, 3.05) is 13.7 Å². The Morgan fingerprint density at radius 2 is 2.14 bits per heavy atom. The summed E-state index contributed by atoms with van der Waals surface area (Å²) in [6.45, 7) is 0.605. The maximum Gasteiger partial charge on any atom is 0.251 e. The predicted octanol–water partition coefficient (Wildman–Crippen LogP) is 3.71. The molecule has 0 aliphatic carbocycles. The molecule has 0 spiro atoms. The van der Waals surface area contributed by atoms with Crippen LogP contribution < -0.4 is 14.8 Å². The zero-order chi connectivity index (χ0) is 15.5. The van der Waals surface area contributed by atoms with Crippen molar-refractivity contribution >= 4 is 21.8 Å². The average molecular weight is 362 g/mol. The molecule has 1 heterocycles. The Labute approximate surface area is 137 Å². The molecular formula is C17H16BrNO3. The van der Waals surface area contributed by atoms with Crippen molar-refractivity contribution in [1.82, 2.24) is 5.32 Å². The summed E-state index contributed by atoms with van der Waals surface area (Å²) in [6.07, 6.45) is 0.764. The molecule has 3 rings (SSSR count). The van der Waals surface area contributed by atoms with Crippen molar-refractivity contribution in [1.29, 1.82) is 0 Å². The summed E-state index contributed by atoms with van der Waals surface area (Å²) in [5, 5.41) is 3.08. The zero-order valence-electron chi connectivity index (χ0n) is 12.1. The molecule has 114 valence electrons. The van der Waals surface area contributed by atoms with Gasteiger partial charge in [0.1, 0.15) is 11.5 Å². The Balaban J connectivity index is 1.79. The molecule has 1 aliphatic rings. The third kappa shape index (κ3) is 2.95. The van der Waals surface area contributed by atoms with E-state index in [4.69, 9.17) is 9.47 Å². The minimum absolute atomic E-state index is 0.0293. The fourth-order valence-corrected chi connectivity index (χ4v) is 3.08. The first kappa shape index (κ1) is 14.9. The molecule has 2 aromatic carbocycles. The summed E-state index contributed by atoms with van der Waals surface area (Å²) in [6, 6.07) is 13.1. The fourth-order valence-electron chi connectivity index (χ4n) is 2.54. The molecule has 5 heteroatoms. The van der Waals surface area contributed by atoms with Gasteiger partial charge in [-0.2, -0.15) is 0 Å². The van der Waals surface area contributed by atoms with Crippen LogP contribution in [-0.2, 0) is 0 Å². The second-order valence-electron chi connectivity index (χ2n) is 5.05. The molecule has 0 fully saturated rings. The monoisotopic (exact) mass is 361 g/mol. The summed E-state index contributed by atoms with van der Waals surface area (Å²) in [7, 11) is 1.60. The van der Waals surface area contributed by atoms with Crippen LogP contribution in [-0.4, -0.2) is 19.6 Å². The van der Waals surface area contributed by atoms with Gasteiger partial charge in [-0.1, -0.05) is 18.2 Å². The normalized spacial score (nSPS) is 16.4. The molecule has 0 aromatic heterocycles. The molecule has 4 nitrogen and oxygen atoms in total. The van der Waals surface area contributed by atoms with Crippen LogP contribution >= 0.6 is 15.9 Å². The van der Waals surface area contributed by atoms with Crippen LogP contribution in [0.5, 0.6) is 11.5 Å². The Morgan fingerprint density at radius 3 is 2.91 bits per heavy atom. The standard InChI is InChI=1S/C17H16BrNO3/c1-21-16-7-6-11(10-13(16)18)17(20)19-14-8-9-22-15-5-3-2-4-12(14)15/h2-7,10,14H,8-9H2,1H3,(H,19,20)/t14-/m1/s1. The summed E-state index contributed by atoms with van der Waals surface area (Å²) < 4.78 is 11.6. The second kappa shape index (κ2) is 6.40. The number of hydrogen-bond donors (Lipinski definition) is 1. The summed E-state index contributed by atoms with van der Waals surface area (Å²) in [5.41, 5.74) is 1.62. The van der Waals surface area contributed by atoms with Crippen LogP contribution in [0, 0.1) is 0 Å². The lowest BCUT2D eigenvalue weighted by Crippen LogP contribution is -2.32. The van der Waals surface area contributed by atoms with Crippen LogP contribution in [0.1, 0.15) is 28.4 Å². The van der Waals surface area contributed by atoms with Gasteiger partial charge in [0.15, 0.2) is 0 Å². The first-order valence-electron chi connectivity index (χ1n) is 7.05. The van der Waals surface area contributed by atoms with E-state index >= 15 is 0 Å². The van der Waals surface area contributed by atoms with Crippen molar-refractivity contribution in [3.63, 3.8) is 0 Å². The number of fused-ring (bicyclic) bond motifs is 1. The van der Waals surface area contributed by atoms with Gasteiger partial charge in [-0.3, -0.25) is 4.79 Å². The van der Waals surface area contributed by atoms with E-state index in [0.717, 1.165) is 22.2 Å². The topological polar surface area (TPSA) is 47.6 Å². The Morgan fingerprint density at radius 1 is 1.32 bits per heavy atom. The molecule has 0 saturated carbocycles. The molecule has 0 bridgehead atoms. The average Bonchev–Trinajstić information content (AvgIpc) is 2.55. The van der Waals surface area contributed by atoms with Gasteiger partial charge >= 0.3 is 0 Å². The fraction of sp³-hybridized carbons (Fsp3) is 0.235. The largest absolute Gasteiger partial charge is 0.496 e. The van der Waals surface area contributed by atoms with Gasteiger partial charge in [-0.25, -0.2) is 0 Å². The number of methoxy groups -OCH3 is 1. The van der Waals surface area contributed by atoms with Crippen molar-refractivity contribution < 1.29 is 14.3 Å². The molecular weight excluding hydrogens is 346 g/mol. The van der Waals surface area contributed by atoms with Crippen molar-refractivity contribution in [3.05, 3.63) is 58.1 Å². The molecule has 22 heavy (non-hydrogen) atoms. The highest BCUT2D eigenvalue weighted by Gasteiger charge is 2.23. The minimum Gasteiger partial charge on any atom is -0.496 e. The second-order valence-corrected chi connectivity index (χ2v) is 5.90. The molecule has 2 aromatic rings. The van der Waals surface area contributed by atoms with E-state index in [1.165, 1.54) is 0 Å². The number of para-hydroxylation sites is 1. The van der Waals surface area contributed by atoms with Gasteiger partial charge in [0.05, 0.1) is 24.2 Å². The molecule has 1 aliphatic heterocycles.